The van der Waals surface area contributed by atoms with Crippen LogP contribution in [0.2, 0.25) is 0 Å². The number of aryl methyl sites for hydroxylation is 1. The van der Waals surface area contributed by atoms with E-state index < -0.39 is 0 Å². The van der Waals surface area contributed by atoms with Crippen LogP contribution in [0.3, 0.4) is 0 Å². The smallest absolute Gasteiger partial charge is 0.220 e. The van der Waals surface area contributed by atoms with E-state index in [-0.39, 0.29) is 11.4 Å². The van der Waals surface area contributed by atoms with Crippen molar-refractivity contribution < 1.29 is 9.21 Å². The zero-order valence-corrected chi connectivity index (χ0v) is 12.7. The van der Waals surface area contributed by atoms with E-state index in [1.54, 1.807) is 6.26 Å². The maximum atomic E-state index is 11.9. The number of hydrogen-bond acceptors (Lipinski definition) is 3. The average Bonchev–Trinajstić information content (AvgIpc) is 2.97. The minimum absolute atomic E-state index is 0.0424. The minimum atomic E-state index is 0.0424. The fourth-order valence-corrected chi connectivity index (χ4v) is 2.71. The van der Waals surface area contributed by atoms with Crippen LogP contribution in [-0.2, 0) is 11.2 Å². The molecule has 1 aromatic heterocycles. The molecule has 0 unspecified atom stereocenters. The molecule has 20 heavy (non-hydrogen) atoms. The maximum Gasteiger partial charge on any atom is 0.220 e. The summed E-state index contributed by atoms with van der Waals surface area (Å²) < 4.78 is 5.24. The van der Waals surface area contributed by atoms with E-state index in [9.17, 15) is 4.79 Å². The number of likely N-dealkylation sites (tertiary alicyclic amines) is 1. The summed E-state index contributed by atoms with van der Waals surface area (Å²) in [7, 11) is 0. The first-order valence-corrected chi connectivity index (χ1v) is 7.62. The van der Waals surface area contributed by atoms with E-state index in [0.29, 0.717) is 19.4 Å². The first-order valence-electron chi connectivity index (χ1n) is 7.62. The molecule has 0 radical (unpaired) electrons. The van der Waals surface area contributed by atoms with Gasteiger partial charge in [0, 0.05) is 24.9 Å². The first kappa shape index (κ1) is 15.1. The Hall–Kier alpha value is -1.29. The SMILES string of the molecule is CC(C)(CNC(=O)CCc1ccco1)N1CCCCC1. The van der Waals surface area contributed by atoms with Crippen LogP contribution in [0.5, 0.6) is 0 Å². The lowest BCUT2D eigenvalue weighted by Crippen LogP contribution is -2.53. The minimum Gasteiger partial charge on any atom is -0.469 e. The molecule has 0 spiro atoms. The largest absolute Gasteiger partial charge is 0.469 e. The second-order valence-corrected chi connectivity index (χ2v) is 6.22. The van der Waals surface area contributed by atoms with Crippen molar-refractivity contribution in [3.63, 3.8) is 0 Å². The molecular weight excluding hydrogens is 252 g/mol. The van der Waals surface area contributed by atoms with Crippen LogP contribution in [0.25, 0.3) is 0 Å². The van der Waals surface area contributed by atoms with Crippen LogP contribution < -0.4 is 5.32 Å². The Morgan fingerprint density at radius 1 is 1.35 bits per heavy atom. The summed E-state index contributed by atoms with van der Waals surface area (Å²) in [6.07, 6.45) is 6.69. The van der Waals surface area contributed by atoms with Crippen molar-refractivity contribution in [2.75, 3.05) is 19.6 Å². The molecule has 0 aliphatic carbocycles. The van der Waals surface area contributed by atoms with Crippen molar-refractivity contribution in [1.29, 1.82) is 0 Å². The number of rotatable bonds is 6. The standard InChI is InChI=1S/C16H26N2O2/c1-16(2,18-10-4-3-5-11-18)13-17-15(19)9-8-14-7-6-12-20-14/h6-7,12H,3-5,8-11,13H2,1-2H3,(H,17,19). The summed E-state index contributed by atoms with van der Waals surface area (Å²) in [5.41, 5.74) is 0.0424. The van der Waals surface area contributed by atoms with E-state index in [1.165, 1.54) is 19.3 Å². The molecule has 0 saturated carbocycles. The lowest BCUT2D eigenvalue weighted by molar-refractivity contribution is -0.121. The van der Waals surface area contributed by atoms with Gasteiger partial charge >= 0.3 is 0 Å². The number of piperidine rings is 1. The van der Waals surface area contributed by atoms with E-state index in [2.05, 4.69) is 24.1 Å². The summed E-state index contributed by atoms with van der Waals surface area (Å²) in [5.74, 6) is 0.974. The Kier molecular flexibility index (Phi) is 5.24. The van der Waals surface area contributed by atoms with E-state index in [1.807, 2.05) is 12.1 Å². The number of furan rings is 1. The second kappa shape index (κ2) is 6.93. The highest BCUT2D eigenvalue weighted by Crippen LogP contribution is 2.19. The van der Waals surface area contributed by atoms with Crippen LogP contribution in [-0.4, -0.2) is 36.0 Å². The Morgan fingerprint density at radius 2 is 2.10 bits per heavy atom. The third kappa shape index (κ3) is 4.37. The van der Waals surface area contributed by atoms with Crippen molar-refractivity contribution in [1.82, 2.24) is 10.2 Å². The fraction of sp³-hybridized carbons (Fsp3) is 0.688. The zero-order valence-electron chi connectivity index (χ0n) is 12.7. The molecule has 1 aliphatic rings. The quantitative estimate of drug-likeness (QED) is 0.870. The molecule has 1 N–H and O–H groups in total. The molecule has 0 atom stereocenters. The van der Waals surface area contributed by atoms with Gasteiger partial charge in [-0.15, -0.1) is 0 Å². The van der Waals surface area contributed by atoms with Gasteiger partial charge in [-0.3, -0.25) is 9.69 Å². The highest BCUT2D eigenvalue weighted by atomic mass is 16.3. The fourth-order valence-electron chi connectivity index (χ4n) is 2.71. The maximum absolute atomic E-state index is 11.9. The van der Waals surface area contributed by atoms with Crippen molar-refractivity contribution >= 4 is 5.91 Å². The van der Waals surface area contributed by atoms with Gasteiger partial charge in [-0.1, -0.05) is 6.42 Å². The Morgan fingerprint density at radius 3 is 2.75 bits per heavy atom. The normalized spacial score (nSPS) is 17.1. The second-order valence-electron chi connectivity index (χ2n) is 6.22. The summed E-state index contributed by atoms with van der Waals surface area (Å²) in [4.78, 5) is 14.4. The van der Waals surface area contributed by atoms with Gasteiger partial charge in [0.1, 0.15) is 5.76 Å². The van der Waals surface area contributed by atoms with Gasteiger partial charge in [0.2, 0.25) is 5.91 Å². The van der Waals surface area contributed by atoms with Gasteiger partial charge in [0.05, 0.1) is 6.26 Å². The molecule has 0 aromatic carbocycles. The van der Waals surface area contributed by atoms with Crippen LogP contribution >= 0.6 is 0 Å². The number of nitrogens with zero attached hydrogens (tertiary/aromatic N) is 1. The highest BCUT2D eigenvalue weighted by Gasteiger charge is 2.28. The number of carbonyl (C=O) groups is 1. The molecular formula is C16H26N2O2. The summed E-state index contributed by atoms with van der Waals surface area (Å²) in [5, 5.41) is 3.06. The Balaban J connectivity index is 1.71. The van der Waals surface area contributed by atoms with E-state index in [0.717, 1.165) is 18.8 Å². The predicted octanol–water partition coefficient (Wildman–Crippen LogP) is 2.59. The number of carbonyl (C=O) groups excluding carboxylic acids is 1. The van der Waals surface area contributed by atoms with Gasteiger partial charge in [0.15, 0.2) is 0 Å². The lowest BCUT2D eigenvalue weighted by Gasteiger charge is -2.41. The molecule has 0 bridgehead atoms. The molecule has 1 amide bonds. The summed E-state index contributed by atoms with van der Waals surface area (Å²) in [6.45, 7) is 7.44. The van der Waals surface area contributed by atoms with Crippen LogP contribution in [0, 0.1) is 0 Å². The van der Waals surface area contributed by atoms with E-state index >= 15 is 0 Å². The number of amides is 1. The lowest BCUT2D eigenvalue weighted by atomic mass is 9.98. The molecule has 1 aliphatic heterocycles. The monoisotopic (exact) mass is 278 g/mol. The third-order valence-corrected chi connectivity index (χ3v) is 4.11. The van der Waals surface area contributed by atoms with Crippen molar-refractivity contribution in [3.05, 3.63) is 24.2 Å². The average molecular weight is 278 g/mol. The molecule has 4 nitrogen and oxygen atoms in total. The molecule has 2 rings (SSSR count). The third-order valence-electron chi connectivity index (χ3n) is 4.11. The number of hydrogen-bond donors (Lipinski definition) is 1. The van der Waals surface area contributed by atoms with Crippen LogP contribution in [0.15, 0.2) is 22.8 Å². The molecule has 1 saturated heterocycles. The van der Waals surface area contributed by atoms with Crippen LogP contribution in [0.4, 0.5) is 0 Å². The number of nitrogens with one attached hydrogen (secondary N) is 1. The topological polar surface area (TPSA) is 45.5 Å². The molecule has 112 valence electrons. The predicted molar refractivity (Wildman–Crippen MR) is 79.5 cm³/mol. The van der Waals surface area contributed by atoms with Crippen molar-refractivity contribution in [3.8, 4) is 0 Å². The molecule has 4 heteroatoms. The first-order chi connectivity index (χ1) is 9.58. The van der Waals surface area contributed by atoms with Gasteiger partial charge in [-0.05, 0) is 51.9 Å². The van der Waals surface area contributed by atoms with E-state index in [4.69, 9.17) is 4.42 Å². The van der Waals surface area contributed by atoms with Crippen LogP contribution in [0.1, 0.15) is 45.3 Å². The molecule has 1 fully saturated rings. The van der Waals surface area contributed by atoms with Crippen molar-refractivity contribution in [2.24, 2.45) is 0 Å². The molecule has 2 heterocycles. The summed E-state index contributed by atoms with van der Waals surface area (Å²) >= 11 is 0. The van der Waals surface area contributed by atoms with Gasteiger partial charge in [0.25, 0.3) is 0 Å². The van der Waals surface area contributed by atoms with Gasteiger partial charge in [-0.25, -0.2) is 0 Å². The molecule has 1 aromatic rings. The highest BCUT2D eigenvalue weighted by molar-refractivity contribution is 5.76. The summed E-state index contributed by atoms with van der Waals surface area (Å²) in [6, 6.07) is 3.76. The zero-order chi connectivity index (χ0) is 14.4. The van der Waals surface area contributed by atoms with Gasteiger partial charge in [-0.2, -0.15) is 0 Å². The van der Waals surface area contributed by atoms with Gasteiger partial charge < -0.3 is 9.73 Å². The Labute approximate surface area is 121 Å². The Bertz CT molecular complexity index is 406. The van der Waals surface area contributed by atoms with Crippen molar-refractivity contribution in [2.45, 2.75) is 51.5 Å².